The van der Waals surface area contributed by atoms with Crippen molar-refractivity contribution in [1.29, 1.82) is 5.26 Å². The molecule has 1 rings (SSSR count). The minimum absolute atomic E-state index is 0.378. The van der Waals surface area contributed by atoms with Crippen LogP contribution in [0, 0.1) is 18.4 Å². The molecular weight excluding hydrogens is 180 g/mol. The highest BCUT2D eigenvalue weighted by atomic mass is 16.5. The van der Waals surface area contributed by atoms with Gasteiger partial charge in [-0.1, -0.05) is 0 Å². The van der Waals surface area contributed by atoms with Gasteiger partial charge in [0.2, 0.25) is 0 Å². The van der Waals surface area contributed by atoms with Gasteiger partial charge in [-0.2, -0.15) is 5.26 Å². The van der Waals surface area contributed by atoms with Crippen molar-refractivity contribution < 1.29 is 9.53 Å². The molecule has 0 aliphatic carbocycles. The van der Waals surface area contributed by atoms with E-state index in [4.69, 9.17) is 5.26 Å². The van der Waals surface area contributed by atoms with Crippen LogP contribution in [0.2, 0.25) is 0 Å². The van der Waals surface area contributed by atoms with Crippen LogP contribution in [0.15, 0.2) is 18.2 Å². The Hall–Kier alpha value is -2.02. The van der Waals surface area contributed by atoms with Crippen molar-refractivity contribution >= 4 is 11.7 Å². The summed E-state index contributed by atoms with van der Waals surface area (Å²) in [6.45, 7) is 1.81. The Morgan fingerprint density at radius 2 is 2.29 bits per heavy atom. The third-order valence-electron chi connectivity index (χ3n) is 1.84. The van der Waals surface area contributed by atoms with Crippen LogP contribution in [-0.4, -0.2) is 13.1 Å². The summed E-state index contributed by atoms with van der Waals surface area (Å²) in [6.07, 6.45) is 1.82. The number of rotatable bonds is 2. The third kappa shape index (κ3) is 2.02. The number of nitrogens with zero attached hydrogens (tertiary/aromatic N) is 1. The number of benzene rings is 1. The quantitative estimate of drug-likeness (QED) is 0.437. The van der Waals surface area contributed by atoms with Gasteiger partial charge in [0.15, 0.2) is 6.19 Å². The van der Waals surface area contributed by atoms with Crippen LogP contribution in [0.4, 0.5) is 5.69 Å². The van der Waals surface area contributed by atoms with Crippen molar-refractivity contribution in [1.82, 2.24) is 0 Å². The molecule has 0 heterocycles. The Kier molecular flexibility index (Phi) is 3.08. The molecule has 0 saturated carbocycles. The van der Waals surface area contributed by atoms with E-state index in [2.05, 4.69) is 10.1 Å². The first-order valence-electron chi connectivity index (χ1n) is 4.03. The number of hydrogen-bond donors (Lipinski definition) is 1. The van der Waals surface area contributed by atoms with E-state index in [1.807, 2.05) is 13.1 Å². The highest BCUT2D eigenvalue weighted by Crippen LogP contribution is 2.16. The Bertz CT molecular complexity index is 394. The van der Waals surface area contributed by atoms with Gasteiger partial charge in [0, 0.05) is 0 Å². The van der Waals surface area contributed by atoms with Crippen molar-refractivity contribution in [3.8, 4) is 6.19 Å². The lowest BCUT2D eigenvalue weighted by Crippen LogP contribution is -2.02. The number of nitriles is 1. The van der Waals surface area contributed by atoms with Crippen LogP contribution >= 0.6 is 0 Å². The zero-order valence-electron chi connectivity index (χ0n) is 8.00. The Balaban J connectivity index is 3.01. The summed E-state index contributed by atoms with van der Waals surface area (Å²) in [5, 5.41) is 10.9. The van der Waals surface area contributed by atoms with Gasteiger partial charge in [0.05, 0.1) is 18.4 Å². The second kappa shape index (κ2) is 4.28. The summed E-state index contributed by atoms with van der Waals surface area (Å²) in [5.74, 6) is -0.378. The molecule has 0 aliphatic heterocycles. The van der Waals surface area contributed by atoms with Crippen LogP contribution in [0.25, 0.3) is 0 Å². The smallest absolute Gasteiger partial charge is 0.337 e. The predicted molar refractivity (Wildman–Crippen MR) is 51.8 cm³/mol. The number of hydrogen-bond acceptors (Lipinski definition) is 4. The van der Waals surface area contributed by atoms with E-state index in [0.717, 1.165) is 5.56 Å². The summed E-state index contributed by atoms with van der Waals surface area (Å²) in [4.78, 5) is 11.1. The number of carbonyl (C=O) groups is 1. The lowest BCUT2D eigenvalue weighted by Gasteiger charge is -2.04. The van der Waals surface area contributed by atoms with Crippen LogP contribution in [0.1, 0.15) is 15.9 Å². The van der Waals surface area contributed by atoms with Crippen molar-refractivity contribution in [3.63, 3.8) is 0 Å². The highest BCUT2D eigenvalue weighted by Gasteiger charge is 2.06. The van der Waals surface area contributed by atoms with Gasteiger partial charge >= 0.3 is 5.97 Å². The summed E-state index contributed by atoms with van der Waals surface area (Å²) in [5.41, 5.74) is 2.00. The fraction of sp³-hybridized carbons (Fsp3) is 0.200. The summed E-state index contributed by atoms with van der Waals surface area (Å²) >= 11 is 0. The van der Waals surface area contributed by atoms with E-state index in [1.54, 1.807) is 18.2 Å². The Morgan fingerprint density at radius 3 is 2.79 bits per heavy atom. The molecule has 0 fully saturated rings. The molecule has 14 heavy (non-hydrogen) atoms. The molecule has 0 atom stereocenters. The van der Waals surface area contributed by atoms with Gasteiger partial charge < -0.3 is 4.74 Å². The first kappa shape index (κ1) is 10.1. The van der Waals surface area contributed by atoms with Gasteiger partial charge in [-0.15, -0.1) is 0 Å². The minimum atomic E-state index is -0.378. The first-order chi connectivity index (χ1) is 6.69. The van der Waals surface area contributed by atoms with Crippen molar-refractivity contribution in [2.24, 2.45) is 0 Å². The fourth-order valence-electron chi connectivity index (χ4n) is 1.11. The molecule has 1 N–H and O–H groups in total. The first-order valence-corrected chi connectivity index (χ1v) is 4.03. The number of aryl methyl sites for hydroxylation is 1. The molecule has 72 valence electrons. The zero-order chi connectivity index (χ0) is 10.6. The van der Waals surface area contributed by atoms with Gasteiger partial charge in [-0.3, -0.25) is 5.32 Å². The van der Waals surface area contributed by atoms with E-state index in [0.29, 0.717) is 11.3 Å². The Labute approximate surface area is 82.1 Å². The van der Waals surface area contributed by atoms with Gasteiger partial charge in [0.1, 0.15) is 0 Å². The maximum Gasteiger partial charge on any atom is 0.337 e. The van der Waals surface area contributed by atoms with Crippen LogP contribution in [0.3, 0.4) is 0 Å². The zero-order valence-corrected chi connectivity index (χ0v) is 8.00. The van der Waals surface area contributed by atoms with Crippen LogP contribution in [-0.2, 0) is 4.74 Å². The average Bonchev–Trinajstić information content (AvgIpc) is 2.20. The van der Waals surface area contributed by atoms with Gasteiger partial charge in [0.25, 0.3) is 0 Å². The van der Waals surface area contributed by atoms with Crippen LogP contribution in [0.5, 0.6) is 0 Å². The molecule has 4 heteroatoms. The SMILES string of the molecule is COC(=O)c1ccc(NC#N)c(C)c1. The highest BCUT2D eigenvalue weighted by molar-refractivity contribution is 5.90. The van der Waals surface area contributed by atoms with Crippen LogP contribution < -0.4 is 5.32 Å². The summed E-state index contributed by atoms with van der Waals surface area (Å²) < 4.78 is 4.57. The normalized spacial score (nSPS) is 8.93. The maximum absolute atomic E-state index is 11.1. The topological polar surface area (TPSA) is 62.1 Å². The molecule has 0 unspecified atom stereocenters. The molecule has 0 spiro atoms. The molecule has 0 amide bonds. The maximum atomic E-state index is 11.1. The monoisotopic (exact) mass is 190 g/mol. The van der Waals surface area contributed by atoms with E-state index >= 15 is 0 Å². The Morgan fingerprint density at radius 1 is 1.57 bits per heavy atom. The van der Waals surface area contributed by atoms with E-state index in [1.165, 1.54) is 7.11 Å². The van der Waals surface area contributed by atoms with E-state index < -0.39 is 0 Å². The lowest BCUT2D eigenvalue weighted by atomic mass is 10.1. The lowest BCUT2D eigenvalue weighted by molar-refractivity contribution is 0.0600. The molecule has 0 radical (unpaired) electrons. The number of ether oxygens (including phenoxy) is 1. The van der Waals surface area contributed by atoms with Gasteiger partial charge in [-0.25, -0.2) is 4.79 Å². The number of carbonyl (C=O) groups excluding carboxylic acids is 1. The molecule has 0 bridgehead atoms. The number of esters is 1. The molecular formula is C10H10N2O2. The third-order valence-corrected chi connectivity index (χ3v) is 1.84. The van der Waals surface area contributed by atoms with E-state index in [-0.39, 0.29) is 5.97 Å². The summed E-state index contributed by atoms with van der Waals surface area (Å²) in [7, 11) is 1.33. The molecule has 0 saturated heterocycles. The second-order valence-corrected chi connectivity index (χ2v) is 2.76. The van der Waals surface area contributed by atoms with E-state index in [9.17, 15) is 4.79 Å². The van der Waals surface area contributed by atoms with Gasteiger partial charge in [-0.05, 0) is 30.7 Å². The minimum Gasteiger partial charge on any atom is -0.465 e. The predicted octanol–water partition coefficient (Wildman–Crippen LogP) is 1.67. The molecule has 0 aliphatic rings. The number of nitrogens with one attached hydrogen (secondary N) is 1. The number of anilines is 1. The largest absolute Gasteiger partial charge is 0.465 e. The summed E-state index contributed by atoms with van der Waals surface area (Å²) in [6, 6.07) is 4.95. The molecule has 4 nitrogen and oxygen atoms in total. The molecule has 1 aromatic carbocycles. The standard InChI is InChI=1S/C10H10N2O2/c1-7-5-8(10(13)14-2)3-4-9(7)12-6-11/h3-5,12H,1-2H3. The number of methoxy groups -OCH3 is 1. The fourth-order valence-corrected chi connectivity index (χ4v) is 1.11. The second-order valence-electron chi connectivity index (χ2n) is 2.76. The average molecular weight is 190 g/mol. The van der Waals surface area contributed by atoms with Crippen molar-refractivity contribution in [3.05, 3.63) is 29.3 Å². The van der Waals surface area contributed by atoms with Crippen molar-refractivity contribution in [2.75, 3.05) is 12.4 Å². The molecule has 1 aromatic rings. The van der Waals surface area contributed by atoms with Crippen molar-refractivity contribution in [2.45, 2.75) is 6.92 Å². The molecule has 0 aromatic heterocycles.